The van der Waals surface area contributed by atoms with Crippen LogP contribution in [0.25, 0.3) is 29.9 Å². The number of hydrogen-bond donors (Lipinski definition) is 1. The van der Waals surface area contributed by atoms with Gasteiger partial charge in [0.1, 0.15) is 12.5 Å². The number of rotatable bonds is 16. The van der Waals surface area contributed by atoms with E-state index in [0.29, 0.717) is 40.2 Å². The first-order chi connectivity index (χ1) is 27.8. The third kappa shape index (κ3) is 9.39. The van der Waals surface area contributed by atoms with Crippen molar-refractivity contribution in [3.8, 4) is 0 Å². The van der Waals surface area contributed by atoms with E-state index in [1.165, 1.54) is 44.8 Å². The summed E-state index contributed by atoms with van der Waals surface area (Å²) in [6.07, 6.45) is 19.7. The average molecular weight is 810 g/mol. The quantitative estimate of drug-likeness (QED) is 0.0515. The molecule has 310 valence electrons. The predicted octanol–water partition coefficient (Wildman–Crippen LogP) is 7.53. The summed E-state index contributed by atoms with van der Waals surface area (Å²) >= 11 is 0. The molecule has 3 aromatic rings. The van der Waals surface area contributed by atoms with Gasteiger partial charge in [0.15, 0.2) is 5.78 Å². The number of carbonyl (C=O) groups excluding carboxylic acids is 3. The van der Waals surface area contributed by atoms with Gasteiger partial charge in [-0.15, -0.1) is 33.5 Å². The summed E-state index contributed by atoms with van der Waals surface area (Å²) in [6, 6.07) is 0. The number of ether oxygens (including phenoxy) is 2. The summed E-state index contributed by atoms with van der Waals surface area (Å²) in [6.45, 7) is 21.2. The maximum atomic E-state index is 14.3. The van der Waals surface area contributed by atoms with E-state index in [9.17, 15) is 14.4 Å². The third-order valence-electron chi connectivity index (χ3n) is 12.7. The second-order valence-corrected chi connectivity index (χ2v) is 16.6. The number of nitrogens with one attached hydrogen (secondary N) is 1. The number of esters is 2. The molecule has 0 amide bonds. The van der Waals surface area contributed by atoms with Crippen LogP contribution in [0, 0.1) is 44.4 Å². The van der Waals surface area contributed by atoms with Gasteiger partial charge in [-0.05, 0) is 76.5 Å². The molecule has 0 unspecified atom stereocenters. The molecule has 1 fully saturated rings. The van der Waals surface area contributed by atoms with E-state index in [0.717, 1.165) is 75.2 Å². The maximum absolute atomic E-state index is 14.3. The van der Waals surface area contributed by atoms with Crippen LogP contribution < -0.4 is 31.0 Å². The van der Waals surface area contributed by atoms with E-state index >= 15 is 0 Å². The van der Waals surface area contributed by atoms with Gasteiger partial charge in [-0.2, -0.15) is 0 Å². The number of ketones is 1. The number of allylic oxidation sites excluding steroid dienone is 3. The number of Topliss-reactive ketones (excluding diaryl/α,β-unsaturated/α-hetero) is 1. The van der Waals surface area contributed by atoms with Gasteiger partial charge < -0.3 is 29.7 Å². The van der Waals surface area contributed by atoms with Gasteiger partial charge in [-0.3, -0.25) is 14.4 Å². The zero-order chi connectivity index (χ0) is 41.8. The van der Waals surface area contributed by atoms with Crippen LogP contribution in [0.2, 0.25) is 0 Å². The van der Waals surface area contributed by atoms with E-state index in [4.69, 9.17) is 24.4 Å². The molecule has 8 bridgehead atoms. The Hall–Kier alpha value is -4.28. The molecule has 0 aromatic carbocycles. The number of nitrogens with zero attached hydrogens (tertiary/aromatic N) is 3. The summed E-state index contributed by atoms with van der Waals surface area (Å²) in [7, 11) is 1.30. The van der Waals surface area contributed by atoms with E-state index in [1.807, 2.05) is 44.2 Å². The van der Waals surface area contributed by atoms with Crippen molar-refractivity contribution in [2.24, 2.45) is 23.7 Å². The molecule has 9 nitrogen and oxygen atoms in total. The van der Waals surface area contributed by atoms with Crippen molar-refractivity contribution < 1.29 is 23.9 Å². The molecular weight excluding hydrogens is 749 g/mol. The van der Waals surface area contributed by atoms with E-state index < -0.39 is 11.9 Å². The molecule has 3 aromatic heterocycles. The minimum Gasteiger partial charge on any atom is -0.657 e. The van der Waals surface area contributed by atoms with Gasteiger partial charge in [0, 0.05) is 35.2 Å². The van der Waals surface area contributed by atoms with Crippen LogP contribution >= 0.6 is 0 Å². The molecule has 1 aliphatic carbocycles. The molecule has 59 heavy (non-hydrogen) atoms. The Balaban J connectivity index is 0.00000661. The first-order valence-corrected chi connectivity index (χ1v) is 21.3. The van der Waals surface area contributed by atoms with Gasteiger partial charge in [-0.25, -0.2) is 0 Å². The van der Waals surface area contributed by atoms with Crippen molar-refractivity contribution in [3.05, 3.63) is 96.5 Å². The van der Waals surface area contributed by atoms with Gasteiger partial charge >= 0.3 is 35.0 Å². The molecule has 10 heteroatoms. The Bertz CT molecular complexity index is 2310. The van der Waals surface area contributed by atoms with E-state index in [1.54, 1.807) is 0 Å². The molecule has 0 radical (unpaired) electrons. The van der Waals surface area contributed by atoms with Gasteiger partial charge in [0.2, 0.25) is 0 Å². The fourth-order valence-electron chi connectivity index (χ4n) is 9.09. The molecule has 0 saturated carbocycles. The van der Waals surface area contributed by atoms with Crippen LogP contribution in [0.1, 0.15) is 153 Å². The minimum absolute atomic E-state index is 0. The summed E-state index contributed by atoms with van der Waals surface area (Å²) in [5.74, 6) is -2.10. The normalized spacial score (nSPS) is 22.0. The van der Waals surface area contributed by atoms with Crippen LogP contribution in [0.5, 0.6) is 0 Å². The minimum atomic E-state index is -1.19. The number of unbranched alkanes of at least 4 members (excludes halogenated alkanes) is 2. The fraction of sp³-hybridized carbons (Fsp3) is 0.490. The molecule has 3 aliphatic rings. The van der Waals surface area contributed by atoms with Crippen LogP contribution in [0.3, 0.4) is 0 Å². The van der Waals surface area contributed by atoms with Gasteiger partial charge in [0.25, 0.3) is 0 Å². The van der Waals surface area contributed by atoms with E-state index in [-0.39, 0.29) is 59.7 Å². The number of carbonyl (C=O) groups is 3. The van der Waals surface area contributed by atoms with Crippen LogP contribution in [-0.2, 0) is 25.5 Å². The Morgan fingerprint density at radius 1 is 0.932 bits per heavy atom. The largest absolute Gasteiger partial charge is 2.00 e. The second-order valence-electron chi connectivity index (χ2n) is 16.6. The van der Waals surface area contributed by atoms with Gasteiger partial charge in [0.05, 0.1) is 7.11 Å². The van der Waals surface area contributed by atoms with E-state index in [2.05, 4.69) is 53.4 Å². The van der Waals surface area contributed by atoms with Crippen molar-refractivity contribution in [1.82, 2.24) is 20.3 Å². The molecule has 0 spiro atoms. The van der Waals surface area contributed by atoms with Gasteiger partial charge in [-0.1, -0.05) is 119 Å². The zero-order valence-electron chi connectivity index (χ0n) is 36.8. The number of fused-ring (bicyclic) bond motifs is 7. The smallest absolute Gasteiger partial charge is 0.657 e. The summed E-state index contributed by atoms with van der Waals surface area (Å²) in [5, 5.41) is 5.26. The monoisotopic (exact) mass is 809 g/mol. The summed E-state index contributed by atoms with van der Waals surface area (Å²) < 4.78 is 11.0. The first kappa shape index (κ1) is 45.8. The van der Waals surface area contributed by atoms with Crippen molar-refractivity contribution >= 4 is 70.7 Å². The maximum Gasteiger partial charge on any atom is 2.00 e. The second kappa shape index (κ2) is 19.9. The third-order valence-corrected chi connectivity index (χ3v) is 12.7. The molecular formula is C49H61MgN4O5-. The average Bonchev–Trinajstić information content (AvgIpc) is 3.94. The Morgan fingerprint density at radius 3 is 2.34 bits per heavy atom. The Morgan fingerprint density at radius 2 is 1.64 bits per heavy atom. The Kier molecular flexibility index (Phi) is 15.4. The zero-order valence-corrected chi connectivity index (χ0v) is 38.2. The van der Waals surface area contributed by atoms with Crippen molar-refractivity contribution in [1.29, 1.82) is 0 Å². The molecule has 1 N–H and O–H groups in total. The summed E-state index contributed by atoms with van der Waals surface area (Å²) in [5.41, 5.74) is 11.2. The molecule has 6 rings (SSSR count). The van der Waals surface area contributed by atoms with Crippen molar-refractivity contribution in [3.63, 3.8) is 0 Å². The number of hydrogen-bond acceptors (Lipinski definition) is 6. The fourth-order valence-corrected chi connectivity index (χ4v) is 9.09. The molecule has 1 saturated heterocycles. The van der Waals surface area contributed by atoms with Crippen molar-refractivity contribution in [2.45, 2.75) is 120 Å². The molecule has 5 heterocycles. The van der Waals surface area contributed by atoms with Crippen LogP contribution in [0.4, 0.5) is 0 Å². The summed E-state index contributed by atoms with van der Waals surface area (Å²) in [4.78, 5) is 56.4. The topological polar surface area (TPSA) is 124 Å². The van der Waals surface area contributed by atoms with Crippen LogP contribution in [0.15, 0.2) is 29.6 Å². The number of aromatic nitrogens is 3. The molecule has 2 aliphatic heterocycles. The number of methoxy groups -OCH3 is 1. The molecule has 4 atom stereocenters. The SMILES string of the molecule is C=Cc1c2[n-]c(c1C)/C=C1\N/C(=C3\c4[n-]c(c(C)c4C(=O)[C@@H]3C(=O)OC)/C=c3\[n-]/c(c(C)c3CC)=C\2)[C@@H](CCC(=O)OC/C=C(\C)CCC[C@H](C)CCCCC)[C@@H]1C.[Mg+2]. The van der Waals surface area contributed by atoms with Crippen molar-refractivity contribution in [2.75, 3.05) is 13.7 Å². The Labute approximate surface area is 366 Å². The first-order valence-electron chi connectivity index (χ1n) is 21.3. The van der Waals surface area contributed by atoms with Crippen LogP contribution in [-0.4, -0.2) is 54.5 Å². The predicted molar refractivity (Wildman–Crippen MR) is 237 cm³/mol. The standard InChI is InChI=1S/C49H62N4O5.Mg/c1-11-14-15-17-27(4)18-16-19-28(5)22-23-58-42(54)21-20-35-31(8)38-24-36-29(6)33(12-2)40(50-36)25-37-30(7)34(13-3)41(51-37)26-39-32(9)43-47(53-39)44(46(35)52-38)45(48(43)55)49(56)57-10;/h12,22,24-27,31,35,45H,2,11,13-21,23H2,1,3-10H3,(H2,52,53,55);/q-2;+2/p-1/b28-22+,37-25-,38-24-,41-26-;/t27-,31+,35+,45-;/m1./s1.